The highest BCUT2D eigenvalue weighted by atomic mass is 16.4. The molecule has 0 aliphatic heterocycles. The summed E-state index contributed by atoms with van der Waals surface area (Å²) in [5.41, 5.74) is 1.25. The standard InChI is InChI=1S/C12H13N5O3/c1-7-5-8(3-4-9(7)10(18)19)15-12(20)16-11-13-6-14-17(11)2/h3-6H,1-2H3,(H,18,19)(H2,13,14,15,16,20). The minimum atomic E-state index is -1.00. The van der Waals surface area contributed by atoms with Crippen molar-refractivity contribution in [2.24, 2.45) is 7.05 Å². The minimum absolute atomic E-state index is 0.198. The van der Waals surface area contributed by atoms with Gasteiger partial charge in [-0.25, -0.2) is 14.3 Å². The predicted molar refractivity (Wildman–Crippen MR) is 71.8 cm³/mol. The number of aromatic carboxylic acids is 1. The predicted octanol–water partition coefficient (Wildman–Crippen LogP) is 1.47. The Morgan fingerprint density at radius 1 is 1.30 bits per heavy atom. The first kappa shape index (κ1) is 13.5. The van der Waals surface area contributed by atoms with Gasteiger partial charge >= 0.3 is 12.0 Å². The number of carboxylic acids is 1. The lowest BCUT2D eigenvalue weighted by molar-refractivity contribution is 0.0696. The fourth-order valence-corrected chi connectivity index (χ4v) is 1.65. The normalized spacial score (nSPS) is 10.1. The molecule has 20 heavy (non-hydrogen) atoms. The Labute approximate surface area is 114 Å². The molecule has 0 radical (unpaired) electrons. The lowest BCUT2D eigenvalue weighted by Crippen LogP contribution is -2.21. The maximum absolute atomic E-state index is 11.7. The second-order valence-corrected chi connectivity index (χ2v) is 4.12. The van der Waals surface area contributed by atoms with Crippen molar-refractivity contribution in [3.8, 4) is 0 Å². The maximum atomic E-state index is 11.7. The minimum Gasteiger partial charge on any atom is -0.478 e. The van der Waals surface area contributed by atoms with Crippen molar-refractivity contribution < 1.29 is 14.7 Å². The summed E-state index contributed by atoms with van der Waals surface area (Å²) in [5.74, 6) is -0.695. The van der Waals surface area contributed by atoms with Crippen LogP contribution >= 0.6 is 0 Å². The van der Waals surface area contributed by atoms with Gasteiger partial charge in [0.1, 0.15) is 6.33 Å². The van der Waals surface area contributed by atoms with Crippen LogP contribution in [0.2, 0.25) is 0 Å². The van der Waals surface area contributed by atoms with Gasteiger partial charge in [0.2, 0.25) is 5.95 Å². The van der Waals surface area contributed by atoms with Crippen LogP contribution in [0.15, 0.2) is 24.5 Å². The van der Waals surface area contributed by atoms with Gasteiger partial charge in [-0.3, -0.25) is 5.32 Å². The van der Waals surface area contributed by atoms with Gasteiger partial charge in [0.25, 0.3) is 0 Å². The average molecular weight is 275 g/mol. The molecule has 0 unspecified atom stereocenters. The quantitative estimate of drug-likeness (QED) is 0.785. The van der Waals surface area contributed by atoms with Crippen LogP contribution in [-0.2, 0) is 7.05 Å². The van der Waals surface area contributed by atoms with Crippen molar-refractivity contribution >= 4 is 23.6 Å². The molecule has 0 atom stereocenters. The van der Waals surface area contributed by atoms with Crippen LogP contribution in [-0.4, -0.2) is 31.9 Å². The van der Waals surface area contributed by atoms with E-state index in [4.69, 9.17) is 5.11 Å². The number of nitrogens with zero attached hydrogens (tertiary/aromatic N) is 3. The highest BCUT2D eigenvalue weighted by Crippen LogP contribution is 2.15. The lowest BCUT2D eigenvalue weighted by atomic mass is 10.1. The number of carboxylic acid groups (broad SMARTS) is 1. The van der Waals surface area contributed by atoms with Gasteiger partial charge < -0.3 is 10.4 Å². The van der Waals surface area contributed by atoms with E-state index in [1.54, 1.807) is 20.0 Å². The molecule has 1 aromatic carbocycles. The Hall–Kier alpha value is -2.90. The van der Waals surface area contributed by atoms with Crippen molar-refractivity contribution in [1.82, 2.24) is 14.8 Å². The summed E-state index contributed by atoms with van der Waals surface area (Å²) in [6.45, 7) is 1.66. The van der Waals surface area contributed by atoms with Crippen LogP contribution < -0.4 is 10.6 Å². The number of nitrogens with one attached hydrogen (secondary N) is 2. The van der Waals surface area contributed by atoms with Crippen molar-refractivity contribution in [3.63, 3.8) is 0 Å². The topological polar surface area (TPSA) is 109 Å². The van der Waals surface area contributed by atoms with E-state index in [2.05, 4.69) is 20.7 Å². The molecule has 2 amide bonds. The molecule has 0 spiro atoms. The number of aromatic nitrogens is 3. The van der Waals surface area contributed by atoms with Crippen molar-refractivity contribution in [2.75, 3.05) is 10.6 Å². The SMILES string of the molecule is Cc1cc(NC(=O)Nc2ncnn2C)ccc1C(=O)O. The first-order valence-corrected chi connectivity index (χ1v) is 5.73. The summed E-state index contributed by atoms with van der Waals surface area (Å²) in [4.78, 5) is 26.5. The fourth-order valence-electron chi connectivity index (χ4n) is 1.65. The third-order valence-electron chi connectivity index (χ3n) is 2.65. The second kappa shape index (κ2) is 5.39. The number of urea groups is 1. The number of hydrogen-bond donors (Lipinski definition) is 3. The summed E-state index contributed by atoms with van der Waals surface area (Å²) >= 11 is 0. The molecule has 0 aliphatic carbocycles. The average Bonchev–Trinajstić information content (AvgIpc) is 2.74. The van der Waals surface area contributed by atoms with Gasteiger partial charge in [0.05, 0.1) is 5.56 Å². The third kappa shape index (κ3) is 2.91. The molecular formula is C12H13N5O3. The first-order chi connectivity index (χ1) is 9.47. The van der Waals surface area contributed by atoms with Crippen LogP contribution in [0, 0.1) is 6.92 Å². The smallest absolute Gasteiger partial charge is 0.335 e. The van der Waals surface area contributed by atoms with Crippen LogP contribution in [0.4, 0.5) is 16.4 Å². The number of amides is 2. The monoisotopic (exact) mass is 275 g/mol. The number of benzene rings is 1. The van der Waals surface area contributed by atoms with Crippen LogP contribution in [0.3, 0.4) is 0 Å². The van der Waals surface area contributed by atoms with Crippen LogP contribution in [0.5, 0.6) is 0 Å². The van der Waals surface area contributed by atoms with Gasteiger partial charge in [-0.15, -0.1) is 0 Å². The molecule has 1 aromatic heterocycles. The Kier molecular flexibility index (Phi) is 3.65. The zero-order valence-electron chi connectivity index (χ0n) is 10.9. The number of carbonyl (C=O) groups is 2. The van der Waals surface area contributed by atoms with Crippen molar-refractivity contribution in [1.29, 1.82) is 0 Å². The van der Waals surface area contributed by atoms with Gasteiger partial charge in [-0.1, -0.05) is 0 Å². The van der Waals surface area contributed by atoms with E-state index < -0.39 is 12.0 Å². The summed E-state index contributed by atoms with van der Waals surface area (Å²) in [7, 11) is 1.65. The van der Waals surface area contributed by atoms with E-state index in [0.29, 0.717) is 17.2 Å². The highest BCUT2D eigenvalue weighted by molar-refractivity contribution is 5.99. The molecule has 1 heterocycles. The Morgan fingerprint density at radius 3 is 2.60 bits per heavy atom. The molecule has 3 N–H and O–H groups in total. The largest absolute Gasteiger partial charge is 0.478 e. The van der Waals surface area contributed by atoms with E-state index in [-0.39, 0.29) is 5.56 Å². The molecule has 8 heteroatoms. The van der Waals surface area contributed by atoms with E-state index >= 15 is 0 Å². The molecule has 104 valence electrons. The number of hydrogen-bond acceptors (Lipinski definition) is 4. The lowest BCUT2D eigenvalue weighted by Gasteiger charge is -2.08. The molecule has 0 fully saturated rings. The zero-order valence-corrected chi connectivity index (χ0v) is 10.9. The first-order valence-electron chi connectivity index (χ1n) is 5.73. The van der Waals surface area contributed by atoms with E-state index in [9.17, 15) is 9.59 Å². The van der Waals surface area contributed by atoms with E-state index in [0.717, 1.165) is 0 Å². The van der Waals surface area contributed by atoms with Crippen molar-refractivity contribution in [3.05, 3.63) is 35.7 Å². The number of anilines is 2. The summed E-state index contributed by atoms with van der Waals surface area (Å²) < 4.78 is 1.42. The van der Waals surface area contributed by atoms with E-state index in [1.165, 1.54) is 23.1 Å². The van der Waals surface area contributed by atoms with Crippen LogP contribution in [0.1, 0.15) is 15.9 Å². The molecular weight excluding hydrogens is 262 g/mol. The zero-order chi connectivity index (χ0) is 14.7. The molecule has 8 nitrogen and oxygen atoms in total. The highest BCUT2D eigenvalue weighted by Gasteiger charge is 2.10. The number of rotatable bonds is 3. The summed E-state index contributed by atoms with van der Waals surface area (Å²) in [5, 5.41) is 17.9. The molecule has 2 rings (SSSR count). The Balaban J connectivity index is 2.07. The third-order valence-corrected chi connectivity index (χ3v) is 2.65. The van der Waals surface area contributed by atoms with Crippen LogP contribution in [0.25, 0.3) is 0 Å². The molecule has 0 aliphatic rings. The van der Waals surface area contributed by atoms with Gasteiger partial charge in [-0.2, -0.15) is 10.1 Å². The van der Waals surface area contributed by atoms with Gasteiger partial charge in [0, 0.05) is 12.7 Å². The maximum Gasteiger partial charge on any atom is 0.335 e. The van der Waals surface area contributed by atoms with E-state index in [1.807, 2.05) is 0 Å². The molecule has 0 saturated heterocycles. The van der Waals surface area contributed by atoms with Crippen molar-refractivity contribution in [2.45, 2.75) is 6.92 Å². The second-order valence-electron chi connectivity index (χ2n) is 4.12. The number of aryl methyl sites for hydroxylation is 2. The summed E-state index contributed by atoms with van der Waals surface area (Å²) in [6.07, 6.45) is 1.32. The number of carbonyl (C=O) groups excluding carboxylic acids is 1. The summed E-state index contributed by atoms with van der Waals surface area (Å²) in [6, 6.07) is 4.06. The van der Waals surface area contributed by atoms with Gasteiger partial charge in [-0.05, 0) is 30.7 Å². The molecule has 0 saturated carbocycles. The Morgan fingerprint density at radius 2 is 2.05 bits per heavy atom. The van der Waals surface area contributed by atoms with Gasteiger partial charge in [0.15, 0.2) is 0 Å². The molecule has 0 bridgehead atoms. The fraction of sp³-hybridized carbons (Fsp3) is 0.167. The molecule has 2 aromatic rings. The Bertz CT molecular complexity index is 665.